The van der Waals surface area contributed by atoms with Gasteiger partial charge in [-0.05, 0) is 18.9 Å². The monoisotopic (exact) mass is 187 g/mol. The summed E-state index contributed by atoms with van der Waals surface area (Å²) in [7, 11) is 0. The lowest BCUT2D eigenvalue weighted by atomic mass is 9.92. The van der Waals surface area contributed by atoms with Crippen molar-refractivity contribution in [2.24, 2.45) is 0 Å². The molecule has 2 heteroatoms. The van der Waals surface area contributed by atoms with Crippen LogP contribution in [0.2, 0.25) is 0 Å². The van der Waals surface area contributed by atoms with E-state index in [-0.39, 0.29) is 11.7 Å². The molecule has 0 saturated carbocycles. The van der Waals surface area contributed by atoms with Crippen LogP contribution in [0.1, 0.15) is 24.5 Å². The second-order valence-electron chi connectivity index (χ2n) is 3.74. The molecule has 72 valence electrons. The molecule has 2 atom stereocenters. The maximum Gasteiger partial charge on any atom is 0.178 e. The molecule has 0 radical (unpaired) electrons. The van der Waals surface area contributed by atoms with Gasteiger partial charge in [0.1, 0.15) is 5.60 Å². The highest BCUT2D eigenvalue weighted by atomic mass is 16.6. The summed E-state index contributed by atoms with van der Waals surface area (Å²) >= 11 is 0. The number of nitrogens with zero attached hydrogens (tertiary/aromatic N) is 1. The van der Waals surface area contributed by atoms with Gasteiger partial charge in [-0.15, -0.1) is 0 Å². The minimum absolute atomic E-state index is 0.255. The summed E-state index contributed by atoms with van der Waals surface area (Å²) in [4.78, 5) is 0. The van der Waals surface area contributed by atoms with Crippen LogP contribution in [-0.4, -0.2) is 6.10 Å². The van der Waals surface area contributed by atoms with Crippen LogP contribution in [0.25, 0.3) is 0 Å². The summed E-state index contributed by atoms with van der Waals surface area (Å²) in [6.07, 6.45) is 0.601. The largest absolute Gasteiger partial charge is 0.345 e. The summed E-state index contributed by atoms with van der Waals surface area (Å²) in [6, 6.07) is 10.4. The van der Waals surface area contributed by atoms with Gasteiger partial charge < -0.3 is 4.74 Å². The van der Waals surface area contributed by atoms with Crippen molar-refractivity contribution in [1.82, 2.24) is 0 Å². The molecule has 1 heterocycles. The fourth-order valence-corrected chi connectivity index (χ4v) is 1.91. The number of nitriles is 1. The van der Waals surface area contributed by atoms with Crippen LogP contribution < -0.4 is 0 Å². The first-order chi connectivity index (χ1) is 6.73. The van der Waals surface area contributed by atoms with Crippen LogP contribution in [0.15, 0.2) is 24.3 Å². The SMILES string of the molecule is CCC1(c2cccc(C)c2)OC1C#N. The quantitative estimate of drug-likeness (QED) is 0.667. The van der Waals surface area contributed by atoms with E-state index in [0.717, 1.165) is 12.0 Å². The van der Waals surface area contributed by atoms with E-state index in [4.69, 9.17) is 10.00 Å². The molecule has 0 aliphatic carbocycles. The standard InChI is InChI=1S/C12H13NO/c1-3-12(11(8-13)14-12)10-6-4-5-9(2)7-10/h4-7,11H,3H2,1-2H3. The smallest absolute Gasteiger partial charge is 0.178 e. The molecule has 1 aliphatic rings. The first-order valence-electron chi connectivity index (χ1n) is 4.87. The molecular weight excluding hydrogens is 174 g/mol. The molecule has 1 aromatic rings. The third kappa shape index (κ3) is 1.21. The third-order valence-electron chi connectivity index (χ3n) is 2.84. The van der Waals surface area contributed by atoms with Gasteiger partial charge in [0, 0.05) is 0 Å². The van der Waals surface area contributed by atoms with Gasteiger partial charge in [0.25, 0.3) is 0 Å². The lowest BCUT2D eigenvalue weighted by Crippen LogP contribution is -2.10. The molecular formula is C12H13NO. The zero-order valence-electron chi connectivity index (χ0n) is 8.45. The van der Waals surface area contributed by atoms with E-state index >= 15 is 0 Å². The Morgan fingerprint density at radius 2 is 2.36 bits per heavy atom. The Bertz CT molecular complexity index is 394. The summed E-state index contributed by atoms with van der Waals surface area (Å²) in [6.45, 7) is 4.11. The number of hydrogen-bond donors (Lipinski definition) is 0. The first kappa shape index (κ1) is 9.23. The summed E-state index contributed by atoms with van der Waals surface area (Å²) in [5.41, 5.74) is 2.02. The van der Waals surface area contributed by atoms with Crippen LogP contribution >= 0.6 is 0 Å². The van der Waals surface area contributed by atoms with Crippen molar-refractivity contribution in [2.75, 3.05) is 0 Å². The van der Waals surface area contributed by atoms with E-state index in [1.54, 1.807) is 0 Å². The molecule has 0 amide bonds. The van der Waals surface area contributed by atoms with E-state index in [1.807, 2.05) is 12.1 Å². The van der Waals surface area contributed by atoms with Crippen LogP contribution in [0.5, 0.6) is 0 Å². The van der Waals surface area contributed by atoms with E-state index in [1.165, 1.54) is 5.56 Å². The van der Waals surface area contributed by atoms with Crippen LogP contribution in [-0.2, 0) is 10.3 Å². The molecule has 2 unspecified atom stereocenters. The molecule has 1 aliphatic heterocycles. The molecule has 2 rings (SSSR count). The molecule has 1 fully saturated rings. The topological polar surface area (TPSA) is 36.3 Å². The van der Waals surface area contributed by atoms with Crippen molar-refractivity contribution in [1.29, 1.82) is 5.26 Å². The molecule has 0 aromatic heterocycles. The number of aryl methyl sites for hydroxylation is 1. The summed E-state index contributed by atoms with van der Waals surface area (Å²) in [5, 5.41) is 8.83. The normalized spacial score (nSPS) is 29.6. The van der Waals surface area contributed by atoms with E-state index in [0.29, 0.717) is 0 Å². The summed E-state index contributed by atoms with van der Waals surface area (Å²) < 4.78 is 5.48. The molecule has 0 N–H and O–H groups in total. The average molecular weight is 187 g/mol. The van der Waals surface area contributed by atoms with Gasteiger partial charge in [-0.2, -0.15) is 5.26 Å². The predicted molar refractivity (Wildman–Crippen MR) is 53.6 cm³/mol. The van der Waals surface area contributed by atoms with Gasteiger partial charge in [0.05, 0.1) is 6.07 Å². The number of ether oxygens (including phenoxy) is 1. The van der Waals surface area contributed by atoms with Gasteiger partial charge in [0.2, 0.25) is 0 Å². The predicted octanol–water partition coefficient (Wildman–Crippen LogP) is 2.52. The second-order valence-corrected chi connectivity index (χ2v) is 3.74. The van der Waals surface area contributed by atoms with Gasteiger partial charge in [-0.1, -0.05) is 36.8 Å². The van der Waals surface area contributed by atoms with Crippen molar-refractivity contribution in [3.63, 3.8) is 0 Å². The summed E-state index contributed by atoms with van der Waals surface area (Å²) in [5.74, 6) is 0. The van der Waals surface area contributed by atoms with Crippen molar-refractivity contribution >= 4 is 0 Å². The maximum absolute atomic E-state index is 8.83. The molecule has 1 aromatic carbocycles. The Labute approximate surface area is 84.1 Å². The van der Waals surface area contributed by atoms with Crippen molar-refractivity contribution in [3.05, 3.63) is 35.4 Å². The second kappa shape index (κ2) is 3.11. The number of hydrogen-bond acceptors (Lipinski definition) is 2. The highest BCUT2D eigenvalue weighted by Crippen LogP contribution is 2.48. The minimum atomic E-state index is -0.319. The first-order valence-corrected chi connectivity index (χ1v) is 4.87. The Kier molecular flexibility index (Phi) is 2.05. The Balaban J connectivity index is 2.36. The molecule has 2 nitrogen and oxygen atoms in total. The highest BCUT2D eigenvalue weighted by Gasteiger charge is 2.56. The lowest BCUT2D eigenvalue weighted by Gasteiger charge is -2.09. The van der Waals surface area contributed by atoms with E-state index in [9.17, 15) is 0 Å². The van der Waals surface area contributed by atoms with Gasteiger partial charge in [0.15, 0.2) is 6.10 Å². The van der Waals surface area contributed by atoms with E-state index in [2.05, 4.69) is 32.0 Å². The number of epoxide rings is 1. The Hall–Kier alpha value is -1.33. The van der Waals surface area contributed by atoms with Crippen LogP contribution in [0.4, 0.5) is 0 Å². The molecule has 0 bridgehead atoms. The zero-order valence-corrected chi connectivity index (χ0v) is 8.45. The lowest BCUT2D eigenvalue weighted by molar-refractivity contribution is 0.295. The minimum Gasteiger partial charge on any atom is -0.345 e. The molecule has 1 saturated heterocycles. The Morgan fingerprint density at radius 3 is 2.86 bits per heavy atom. The van der Waals surface area contributed by atoms with Crippen molar-refractivity contribution < 1.29 is 4.74 Å². The molecule has 14 heavy (non-hydrogen) atoms. The fraction of sp³-hybridized carbons (Fsp3) is 0.417. The van der Waals surface area contributed by atoms with Gasteiger partial charge >= 0.3 is 0 Å². The third-order valence-corrected chi connectivity index (χ3v) is 2.84. The number of benzene rings is 1. The average Bonchev–Trinajstić information content (AvgIpc) is 2.93. The highest BCUT2D eigenvalue weighted by molar-refractivity contribution is 5.35. The van der Waals surface area contributed by atoms with E-state index < -0.39 is 0 Å². The van der Waals surface area contributed by atoms with Crippen LogP contribution in [0, 0.1) is 18.3 Å². The maximum atomic E-state index is 8.83. The number of rotatable bonds is 2. The van der Waals surface area contributed by atoms with Crippen LogP contribution in [0.3, 0.4) is 0 Å². The fourth-order valence-electron chi connectivity index (χ4n) is 1.91. The Morgan fingerprint density at radius 1 is 1.57 bits per heavy atom. The van der Waals surface area contributed by atoms with Gasteiger partial charge in [-0.25, -0.2) is 0 Å². The molecule has 0 spiro atoms. The van der Waals surface area contributed by atoms with Gasteiger partial charge in [-0.3, -0.25) is 0 Å². The van der Waals surface area contributed by atoms with Crippen molar-refractivity contribution in [3.8, 4) is 6.07 Å². The van der Waals surface area contributed by atoms with Crippen molar-refractivity contribution in [2.45, 2.75) is 32.0 Å². The zero-order chi connectivity index (χ0) is 10.2.